The number of benzene rings is 1. The van der Waals surface area contributed by atoms with Crippen molar-refractivity contribution in [1.29, 1.82) is 0 Å². The third-order valence-electron chi connectivity index (χ3n) is 2.47. The van der Waals surface area contributed by atoms with Crippen LogP contribution in [0.4, 0.5) is 0 Å². The molecule has 3 heteroatoms. The molecule has 0 saturated heterocycles. The lowest BCUT2D eigenvalue weighted by Crippen LogP contribution is -2.16. The van der Waals surface area contributed by atoms with Gasteiger partial charge in [0.15, 0.2) is 0 Å². The Kier molecular flexibility index (Phi) is 4.03. The van der Waals surface area contributed by atoms with E-state index in [0.717, 1.165) is 24.5 Å². The van der Waals surface area contributed by atoms with Gasteiger partial charge in [-0.2, -0.15) is 0 Å². The summed E-state index contributed by atoms with van der Waals surface area (Å²) in [7, 11) is 0. The number of nitrogens with one attached hydrogen (secondary N) is 2. The van der Waals surface area contributed by atoms with Crippen molar-refractivity contribution in [3.05, 3.63) is 58.9 Å². The monoisotopic (exact) mass is 234 g/mol. The van der Waals surface area contributed by atoms with E-state index in [9.17, 15) is 0 Å². The summed E-state index contributed by atoms with van der Waals surface area (Å²) in [5, 5.41) is 4.20. The van der Waals surface area contributed by atoms with E-state index >= 15 is 0 Å². The number of aromatic nitrogens is 1. The lowest BCUT2D eigenvalue weighted by molar-refractivity contribution is 0.687. The van der Waals surface area contributed by atoms with Crippen molar-refractivity contribution in [1.82, 2.24) is 10.3 Å². The highest BCUT2D eigenvalue weighted by atomic mass is 35.5. The maximum absolute atomic E-state index is 5.91. The second kappa shape index (κ2) is 5.73. The second-order valence-corrected chi connectivity index (χ2v) is 4.21. The second-order valence-electron chi connectivity index (χ2n) is 3.78. The molecule has 1 aromatic heterocycles. The first-order valence-electron chi connectivity index (χ1n) is 5.41. The maximum atomic E-state index is 5.91. The molecule has 84 valence electrons. The van der Waals surface area contributed by atoms with Gasteiger partial charge in [-0.25, -0.2) is 0 Å². The molecule has 16 heavy (non-hydrogen) atoms. The summed E-state index contributed by atoms with van der Waals surface area (Å²) in [6.45, 7) is 1.87. The fourth-order valence-electron chi connectivity index (χ4n) is 1.63. The fraction of sp³-hybridized carbons (Fsp3) is 0.231. The summed E-state index contributed by atoms with van der Waals surface area (Å²) in [6.07, 6.45) is 4.95. The average molecular weight is 235 g/mol. The standard InChI is InChI=1S/C13H15ClN2/c14-13-3-1-2-11(8-13)4-6-15-9-12-5-7-16-10-12/h1-3,5,7-8,10,15-16H,4,6,9H2. The number of halogens is 1. The molecular weight excluding hydrogens is 220 g/mol. The third-order valence-corrected chi connectivity index (χ3v) is 2.71. The van der Waals surface area contributed by atoms with Crippen LogP contribution in [0.5, 0.6) is 0 Å². The molecule has 0 spiro atoms. The van der Waals surface area contributed by atoms with Crippen molar-refractivity contribution in [3.8, 4) is 0 Å². The molecule has 0 amide bonds. The molecule has 2 aromatic rings. The molecule has 1 heterocycles. The van der Waals surface area contributed by atoms with Gasteiger partial charge in [-0.3, -0.25) is 0 Å². The minimum Gasteiger partial charge on any atom is -0.367 e. The van der Waals surface area contributed by atoms with Gasteiger partial charge < -0.3 is 10.3 Å². The first kappa shape index (κ1) is 11.2. The lowest BCUT2D eigenvalue weighted by atomic mass is 10.1. The van der Waals surface area contributed by atoms with Crippen molar-refractivity contribution in [2.75, 3.05) is 6.54 Å². The van der Waals surface area contributed by atoms with E-state index in [1.165, 1.54) is 11.1 Å². The van der Waals surface area contributed by atoms with Gasteiger partial charge in [0.25, 0.3) is 0 Å². The Labute approximate surface area is 101 Å². The van der Waals surface area contributed by atoms with Gasteiger partial charge >= 0.3 is 0 Å². The van der Waals surface area contributed by atoms with E-state index in [-0.39, 0.29) is 0 Å². The first-order chi connectivity index (χ1) is 7.84. The Balaban J connectivity index is 1.72. The smallest absolute Gasteiger partial charge is 0.0408 e. The normalized spacial score (nSPS) is 10.6. The molecule has 0 aliphatic carbocycles. The topological polar surface area (TPSA) is 27.8 Å². The maximum Gasteiger partial charge on any atom is 0.0408 e. The van der Waals surface area contributed by atoms with Crippen LogP contribution in [0.3, 0.4) is 0 Å². The summed E-state index contributed by atoms with van der Waals surface area (Å²) >= 11 is 5.91. The van der Waals surface area contributed by atoms with Crippen LogP contribution in [0.25, 0.3) is 0 Å². The zero-order valence-corrected chi connectivity index (χ0v) is 9.80. The number of hydrogen-bond donors (Lipinski definition) is 2. The fourth-order valence-corrected chi connectivity index (χ4v) is 1.84. The van der Waals surface area contributed by atoms with Gasteiger partial charge in [-0.05, 0) is 42.3 Å². The van der Waals surface area contributed by atoms with E-state index in [4.69, 9.17) is 11.6 Å². The minimum atomic E-state index is 0.808. The van der Waals surface area contributed by atoms with Crippen molar-refractivity contribution >= 4 is 11.6 Å². The summed E-state index contributed by atoms with van der Waals surface area (Å²) < 4.78 is 0. The molecule has 2 N–H and O–H groups in total. The molecule has 0 bridgehead atoms. The van der Waals surface area contributed by atoms with Crippen LogP contribution in [0.15, 0.2) is 42.7 Å². The predicted molar refractivity (Wildman–Crippen MR) is 67.7 cm³/mol. The third kappa shape index (κ3) is 3.40. The van der Waals surface area contributed by atoms with E-state index in [0.29, 0.717) is 0 Å². The molecule has 0 aliphatic heterocycles. The summed E-state index contributed by atoms with van der Waals surface area (Å²) in [6, 6.07) is 10.1. The average Bonchev–Trinajstić information content (AvgIpc) is 2.77. The van der Waals surface area contributed by atoms with Crippen molar-refractivity contribution in [3.63, 3.8) is 0 Å². The van der Waals surface area contributed by atoms with E-state index in [2.05, 4.69) is 22.4 Å². The molecule has 0 saturated carbocycles. The van der Waals surface area contributed by atoms with Crippen LogP contribution in [0.1, 0.15) is 11.1 Å². The van der Waals surface area contributed by atoms with Crippen LogP contribution < -0.4 is 5.32 Å². The van der Waals surface area contributed by atoms with Crippen LogP contribution in [0, 0.1) is 0 Å². The molecule has 2 nitrogen and oxygen atoms in total. The van der Waals surface area contributed by atoms with Crippen LogP contribution in [-0.2, 0) is 13.0 Å². The summed E-state index contributed by atoms with van der Waals surface area (Å²) in [4.78, 5) is 3.04. The van der Waals surface area contributed by atoms with Crippen molar-refractivity contribution in [2.24, 2.45) is 0 Å². The summed E-state index contributed by atoms with van der Waals surface area (Å²) in [5.41, 5.74) is 2.56. The minimum absolute atomic E-state index is 0.808. The largest absolute Gasteiger partial charge is 0.367 e. The zero-order chi connectivity index (χ0) is 11.2. The molecule has 0 radical (unpaired) electrons. The van der Waals surface area contributed by atoms with Gasteiger partial charge in [0.1, 0.15) is 0 Å². The number of hydrogen-bond acceptors (Lipinski definition) is 1. The van der Waals surface area contributed by atoms with Gasteiger partial charge in [-0.15, -0.1) is 0 Å². The Morgan fingerprint density at radius 2 is 2.12 bits per heavy atom. The van der Waals surface area contributed by atoms with E-state index < -0.39 is 0 Å². The van der Waals surface area contributed by atoms with Crippen LogP contribution >= 0.6 is 11.6 Å². The van der Waals surface area contributed by atoms with Gasteiger partial charge in [0.2, 0.25) is 0 Å². The summed E-state index contributed by atoms with van der Waals surface area (Å²) in [5.74, 6) is 0. The Morgan fingerprint density at radius 3 is 2.88 bits per heavy atom. The predicted octanol–water partition coefficient (Wildman–Crippen LogP) is 3.00. The highest BCUT2D eigenvalue weighted by Crippen LogP contribution is 2.10. The Bertz CT molecular complexity index is 423. The molecule has 0 atom stereocenters. The number of rotatable bonds is 5. The van der Waals surface area contributed by atoms with E-state index in [1.54, 1.807) is 0 Å². The molecule has 1 aromatic carbocycles. The van der Waals surface area contributed by atoms with Crippen molar-refractivity contribution < 1.29 is 0 Å². The molecule has 0 fully saturated rings. The molecule has 0 unspecified atom stereocenters. The van der Waals surface area contributed by atoms with Gasteiger partial charge in [0.05, 0.1) is 0 Å². The van der Waals surface area contributed by atoms with Gasteiger partial charge in [0, 0.05) is 24.0 Å². The highest BCUT2D eigenvalue weighted by Gasteiger charge is 1.95. The first-order valence-corrected chi connectivity index (χ1v) is 5.79. The van der Waals surface area contributed by atoms with Gasteiger partial charge in [-0.1, -0.05) is 23.7 Å². The zero-order valence-electron chi connectivity index (χ0n) is 9.04. The van der Waals surface area contributed by atoms with E-state index in [1.807, 2.05) is 30.6 Å². The van der Waals surface area contributed by atoms with Crippen LogP contribution in [0.2, 0.25) is 5.02 Å². The quantitative estimate of drug-likeness (QED) is 0.765. The van der Waals surface area contributed by atoms with Crippen LogP contribution in [-0.4, -0.2) is 11.5 Å². The van der Waals surface area contributed by atoms with Crippen molar-refractivity contribution in [2.45, 2.75) is 13.0 Å². The highest BCUT2D eigenvalue weighted by molar-refractivity contribution is 6.30. The number of aromatic amines is 1. The molecule has 0 aliphatic rings. The molecule has 2 rings (SSSR count). The number of H-pyrrole nitrogens is 1. The molecular formula is C13H15ClN2. The SMILES string of the molecule is Clc1cccc(CCNCc2cc[nH]c2)c1. The Hall–Kier alpha value is -1.25. The Morgan fingerprint density at radius 1 is 1.19 bits per heavy atom. The lowest BCUT2D eigenvalue weighted by Gasteiger charge is -2.04.